The van der Waals surface area contributed by atoms with Gasteiger partial charge in [-0.2, -0.15) is 21.6 Å². The van der Waals surface area contributed by atoms with Crippen LogP contribution in [-0.4, -0.2) is 37.6 Å². The van der Waals surface area contributed by atoms with Crippen molar-refractivity contribution in [2.75, 3.05) is 7.11 Å². The van der Waals surface area contributed by atoms with E-state index in [-0.39, 0.29) is 10.9 Å². The largest absolute Gasteiger partial charge is 0.534 e. The van der Waals surface area contributed by atoms with E-state index in [9.17, 15) is 26.4 Å². The van der Waals surface area contributed by atoms with E-state index < -0.39 is 39.2 Å². The molecule has 4 aromatic rings. The molecule has 0 aliphatic carbocycles. The Labute approximate surface area is 236 Å². The second kappa shape index (κ2) is 10.6. The lowest BCUT2D eigenvalue weighted by molar-refractivity contribution is -0.164. The molecule has 0 saturated heterocycles. The number of carbonyl (C=O) groups excluding carboxylic acids is 1. The van der Waals surface area contributed by atoms with Gasteiger partial charge in [0.05, 0.1) is 18.2 Å². The number of benzene rings is 3. The van der Waals surface area contributed by atoms with Crippen molar-refractivity contribution in [3.05, 3.63) is 70.8 Å². The SMILES string of the molecule is COC(=O)[C@@H](OC(C)(C)C)c1c(-c2ccc(C)cc2)c(C)c2c(nc(OS(=O)(=O)C(F)(F)F)c3ccccc32)c1C. The summed E-state index contributed by atoms with van der Waals surface area (Å²) in [4.78, 5) is 17.5. The Kier molecular flexibility index (Phi) is 7.83. The lowest BCUT2D eigenvalue weighted by Gasteiger charge is -2.30. The van der Waals surface area contributed by atoms with Crippen LogP contribution in [-0.2, 0) is 24.4 Å². The number of fused-ring (bicyclic) bond motifs is 3. The molecule has 1 aromatic heterocycles. The number of carbonyl (C=O) groups is 1. The molecule has 0 fully saturated rings. The fourth-order valence-electron chi connectivity index (χ4n) is 4.85. The van der Waals surface area contributed by atoms with E-state index in [4.69, 9.17) is 9.47 Å². The highest BCUT2D eigenvalue weighted by Crippen LogP contribution is 2.45. The van der Waals surface area contributed by atoms with Crippen molar-refractivity contribution in [1.82, 2.24) is 4.98 Å². The summed E-state index contributed by atoms with van der Waals surface area (Å²) in [5.74, 6) is -1.42. The minimum atomic E-state index is -6.02. The van der Waals surface area contributed by atoms with E-state index in [1.54, 1.807) is 45.9 Å². The van der Waals surface area contributed by atoms with Gasteiger partial charge in [-0.15, -0.1) is 0 Å². The highest BCUT2D eigenvalue weighted by atomic mass is 32.2. The van der Waals surface area contributed by atoms with Crippen LogP contribution in [0.3, 0.4) is 0 Å². The highest BCUT2D eigenvalue weighted by molar-refractivity contribution is 7.88. The van der Waals surface area contributed by atoms with Gasteiger partial charge >= 0.3 is 21.6 Å². The van der Waals surface area contributed by atoms with Gasteiger partial charge < -0.3 is 13.7 Å². The van der Waals surface area contributed by atoms with Crippen LogP contribution in [0.15, 0.2) is 48.5 Å². The van der Waals surface area contributed by atoms with Crippen molar-refractivity contribution < 1.29 is 40.0 Å². The summed E-state index contributed by atoms with van der Waals surface area (Å²) < 4.78 is 79.8. The van der Waals surface area contributed by atoms with Gasteiger partial charge in [-0.05, 0) is 75.2 Å². The van der Waals surface area contributed by atoms with Gasteiger partial charge in [0, 0.05) is 16.3 Å². The van der Waals surface area contributed by atoms with Crippen LogP contribution in [0, 0.1) is 20.8 Å². The van der Waals surface area contributed by atoms with Gasteiger partial charge in [0.15, 0.2) is 6.10 Å². The Hall–Kier alpha value is -3.70. The van der Waals surface area contributed by atoms with Gasteiger partial charge in [0.1, 0.15) is 0 Å². The zero-order valence-electron chi connectivity index (χ0n) is 23.6. The first-order valence-electron chi connectivity index (χ1n) is 12.7. The Morgan fingerprint density at radius 2 is 1.49 bits per heavy atom. The number of ether oxygens (including phenoxy) is 2. The lowest BCUT2D eigenvalue weighted by Crippen LogP contribution is -2.29. The molecule has 1 atom stereocenters. The second-order valence-corrected chi connectivity index (χ2v) is 12.2. The van der Waals surface area contributed by atoms with Gasteiger partial charge in [0.2, 0.25) is 5.88 Å². The fraction of sp³-hybridized carbons (Fsp3) is 0.333. The zero-order valence-corrected chi connectivity index (χ0v) is 24.5. The molecule has 0 saturated carbocycles. The van der Waals surface area contributed by atoms with E-state index in [1.807, 2.05) is 38.1 Å². The van der Waals surface area contributed by atoms with E-state index in [0.717, 1.165) is 11.1 Å². The molecule has 0 aliphatic heterocycles. The first-order chi connectivity index (χ1) is 19.0. The smallest absolute Gasteiger partial charge is 0.467 e. The third-order valence-electron chi connectivity index (χ3n) is 6.62. The average Bonchev–Trinajstić information content (AvgIpc) is 2.88. The maximum atomic E-state index is 13.3. The molecule has 7 nitrogen and oxygen atoms in total. The molecule has 0 aliphatic rings. The van der Waals surface area contributed by atoms with Gasteiger partial charge in [-0.1, -0.05) is 48.0 Å². The minimum absolute atomic E-state index is 0.0772. The number of hydrogen-bond donors (Lipinski definition) is 0. The molecule has 3 aromatic carbocycles. The zero-order chi connectivity index (χ0) is 30.5. The molecule has 1 heterocycles. The third kappa shape index (κ3) is 5.73. The molecular formula is C30H30F3NO6S. The summed E-state index contributed by atoms with van der Waals surface area (Å²) in [7, 11) is -4.79. The van der Waals surface area contributed by atoms with Crippen molar-refractivity contribution >= 4 is 37.8 Å². The molecule has 4 rings (SSSR count). The van der Waals surface area contributed by atoms with Crippen LogP contribution in [0.4, 0.5) is 13.2 Å². The molecule has 0 N–H and O–H groups in total. The van der Waals surface area contributed by atoms with Crippen LogP contribution >= 0.6 is 0 Å². The number of pyridine rings is 1. The number of halogens is 3. The van der Waals surface area contributed by atoms with Crippen molar-refractivity contribution in [2.24, 2.45) is 0 Å². The summed E-state index contributed by atoms with van der Waals surface area (Å²) in [6, 6.07) is 14.0. The molecule has 41 heavy (non-hydrogen) atoms. The van der Waals surface area contributed by atoms with E-state index in [2.05, 4.69) is 9.17 Å². The summed E-state index contributed by atoms with van der Waals surface area (Å²) in [6.45, 7) is 10.7. The Morgan fingerprint density at radius 3 is 2.02 bits per heavy atom. The van der Waals surface area contributed by atoms with Crippen LogP contribution in [0.2, 0.25) is 0 Å². The average molecular weight is 590 g/mol. The summed E-state index contributed by atoms with van der Waals surface area (Å²) in [5.41, 5.74) is -2.41. The van der Waals surface area contributed by atoms with Crippen molar-refractivity contribution in [3.63, 3.8) is 0 Å². The molecule has 0 spiro atoms. The number of esters is 1. The molecule has 0 radical (unpaired) electrons. The highest BCUT2D eigenvalue weighted by Gasteiger charge is 2.49. The standard InChI is InChI=1S/C30H30F3NO6S/c1-16-12-14-19(15-13-16)22-17(2)23-20-10-8-9-11-21(20)27(40-41(36,37)30(31,32)33)34-25(23)18(3)24(22)26(28(35)38-7)39-29(4,5)6/h8-15,26H,1-7H3/t26-/m0/s1. The number of nitrogens with zero attached hydrogens (tertiary/aromatic N) is 1. The molecule has 11 heteroatoms. The first-order valence-corrected chi connectivity index (χ1v) is 14.1. The van der Waals surface area contributed by atoms with Crippen LogP contribution < -0.4 is 4.18 Å². The fourth-order valence-corrected chi connectivity index (χ4v) is 5.28. The topological polar surface area (TPSA) is 91.8 Å². The Balaban J connectivity index is 2.21. The Bertz CT molecular complexity index is 1760. The number of alkyl halides is 3. The number of hydrogen-bond acceptors (Lipinski definition) is 7. The molecule has 0 amide bonds. The Morgan fingerprint density at radius 1 is 0.902 bits per heavy atom. The summed E-state index contributed by atoms with van der Waals surface area (Å²) in [6.07, 6.45) is -1.24. The molecule has 0 bridgehead atoms. The molecular weight excluding hydrogens is 559 g/mol. The number of rotatable bonds is 6. The third-order valence-corrected chi connectivity index (χ3v) is 7.56. The molecule has 218 valence electrons. The number of aryl methyl sites for hydroxylation is 3. The van der Waals surface area contributed by atoms with Crippen molar-refractivity contribution in [1.29, 1.82) is 0 Å². The monoisotopic (exact) mass is 589 g/mol. The summed E-state index contributed by atoms with van der Waals surface area (Å²) >= 11 is 0. The van der Waals surface area contributed by atoms with Crippen LogP contribution in [0.5, 0.6) is 5.88 Å². The lowest BCUT2D eigenvalue weighted by atomic mass is 9.84. The van der Waals surface area contributed by atoms with E-state index in [1.165, 1.54) is 13.2 Å². The summed E-state index contributed by atoms with van der Waals surface area (Å²) in [5, 5.41) is 1.07. The molecule has 0 unspecified atom stereocenters. The van der Waals surface area contributed by atoms with Gasteiger partial charge in [-0.3, -0.25) is 0 Å². The van der Waals surface area contributed by atoms with Crippen molar-refractivity contribution in [3.8, 4) is 17.0 Å². The van der Waals surface area contributed by atoms with Crippen LogP contribution in [0.1, 0.15) is 49.1 Å². The number of aromatic nitrogens is 1. The normalized spacial score (nSPS) is 13.4. The van der Waals surface area contributed by atoms with E-state index >= 15 is 0 Å². The number of methoxy groups -OCH3 is 1. The maximum absolute atomic E-state index is 13.3. The predicted molar refractivity (Wildman–Crippen MR) is 150 cm³/mol. The maximum Gasteiger partial charge on any atom is 0.534 e. The van der Waals surface area contributed by atoms with Crippen LogP contribution in [0.25, 0.3) is 32.8 Å². The quantitative estimate of drug-likeness (QED) is 0.101. The van der Waals surface area contributed by atoms with Gasteiger partial charge in [-0.25, -0.2) is 9.78 Å². The van der Waals surface area contributed by atoms with Gasteiger partial charge in [0.25, 0.3) is 0 Å². The predicted octanol–water partition coefficient (Wildman–Crippen LogP) is 7.24. The first kappa shape index (κ1) is 30.3. The van der Waals surface area contributed by atoms with E-state index in [0.29, 0.717) is 33.0 Å². The van der Waals surface area contributed by atoms with Crippen molar-refractivity contribution in [2.45, 2.75) is 58.8 Å². The minimum Gasteiger partial charge on any atom is -0.467 e. The second-order valence-electron chi connectivity index (χ2n) is 10.7.